The van der Waals surface area contributed by atoms with Crippen LogP contribution in [0.4, 0.5) is 14.5 Å². The minimum atomic E-state index is -1.32. The third-order valence-electron chi connectivity index (χ3n) is 8.91. The highest BCUT2D eigenvalue weighted by atomic mass is 32.1. The zero-order valence-electron chi connectivity index (χ0n) is 26.8. The standard InChI is InChI=1S/C36H28F2N8O2S2/c1-19-10-32-39-14-23(15-46(32)42-19)21-6-8-29-26(11-21)35(20(2)47)43-45(29)17-33(48)44-16-24(37)13-30(44)36(49)41-27-5-3-4-25(34(27)38)22-7-9-31-28(12-22)40-18-50-31/h3-12,14-15,18,24,30H,13,16-17H2,1-2H3,(H,41,49)/t24-,30+/m1/s1. The average molecular weight is 707 g/mol. The van der Waals surface area contributed by atoms with Gasteiger partial charge in [-0.15, -0.1) is 11.3 Å². The Balaban J connectivity index is 1.04. The topological polar surface area (TPSA) is 110 Å². The van der Waals surface area contributed by atoms with Crippen molar-refractivity contribution >= 4 is 72.7 Å². The summed E-state index contributed by atoms with van der Waals surface area (Å²) in [5.41, 5.74) is 7.58. The number of hydrogen-bond donors (Lipinski definition) is 1. The maximum Gasteiger partial charge on any atom is 0.245 e. The van der Waals surface area contributed by atoms with Crippen molar-refractivity contribution in [2.24, 2.45) is 0 Å². The first-order valence-electron chi connectivity index (χ1n) is 15.8. The van der Waals surface area contributed by atoms with Gasteiger partial charge in [0.05, 0.1) is 45.2 Å². The van der Waals surface area contributed by atoms with Gasteiger partial charge < -0.3 is 10.2 Å². The van der Waals surface area contributed by atoms with Gasteiger partial charge in [0.2, 0.25) is 5.91 Å². The van der Waals surface area contributed by atoms with E-state index in [0.29, 0.717) is 22.0 Å². The van der Waals surface area contributed by atoms with Crippen LogP contribution in [0.5, 0.6) is 0 Å². The number of anilines is 1. The molecule has 0 bridgehead atoms. The fourth-order valence-corrected chi connectivity index (χ4v) is 7.50. The monoisotopic (exact) mass is 706 g/mol. The summed E-state index contributed by atoms with van der Waals surface area (Å²) < 4.78 is 34.9. The van der Waals surface area contributed by atoms with E-state index in [0.717, 1.165) is 32.7 Å². The lowest BCUT2D eigenvalue weighted by atomic mass is 10.0. The van der Waals surface area contributed by atoms with Crippen LogP contribution in [0.1, 0.15) is 29.5 Å². The summed E-state index contributed by atoms with van der Waals surface area (Å²) in [4.78, 5) is 36.8. The van der Waals surface area contributed by atoms with Crippen molar-refractivity contribution in [3.63, 3.8) is 0 Å². The molecule has 10 nitrogen and oxygen atoms in total. The van der Waals surface area contributed by atoms with Crippen LogP contribution in [-0.4, -0.2) is 69.7 Å². The van der Waals surface area contributed by atoms with Crippen LogP contribution in [0, 0.1) is 12.7 Å². The highest BCUT2D eigenvalue weighted by Gasteiger charge is 2.38. The molecule has 0 spiro atoms. The number of carbonyl (C=O) groups excluding carboxylic acids is 2. The van der Waals surface area contributed by atoms with E-state index in [1.807, 2.05) is 49.5 Å². The Bertz CT molecular complexity index is 2510. The normalized spacial score (nSPS) is 16.1. The summed E-state index contributed by atoms with van der Waals surface area (Å²) in [6.07, 6.45) is 2.24. The first-order chi connectivity index (χ1) is 24.1. The summed E-state index contributed by atoms with van der Waals surface area (Å²) in [5, 5.41) is 12.5. The van der Waals surface area contributed by atoms with Gasteiger partial charge in [-0.1, -0.05) is 36.5 Å². The number of nitrogens with zero attached hydrogens (tertiary/aromatic N) is 7. The molecular weight excluding hydrogens is 679 g/mol. The molecule has 14 heteroatoms. The van der Waals surface area contributed by atoms with E-state index < -0.39 is 23.9 Å². The van der Waals surface area contributed by atoms with Crippen LogP contribution in [-0.2, 0) is 11.3 Å². The lowest BCUT2D eigenvalue weighted by Gasteiger charge is -2.26. The fourth-order valence-electron chi connectivity index (χ4n) is 6.50. The van der Waals surface area contributed by atoms with Gasteiger partial charge in [0.25, 0.3) is 0 Å². The van der Waals surface area contributed by atoms with Crippen molar-refractivity contribution in [2.75, 3.05) is 11.9 Å². The molecule has 1 fully saturated rings. The average Bonchev–Trinajstić information content (AvgIpc) is 3.89. The second-order valence-electron chi connectivity index (χ2n) is 12.3. The third kappa shape index (κ3) is 5.69. The molecule has 0 saturated carbocycles. The summed E-state index contributed by atoms with van der Waals surface area (Å²) in [6, 6.07) is 17.1. The highest BCUT2D eigenvalue weighted by molar-refractivity contribution is 7.80. The lowest BCUT2D eigenvalue weighted by Crippen LogP contribution is -2.44. The number of ketones is 1. The van der Waals surface area contributed by atoms with E-state index in [4.69, 9.17) is 12.2 Å². The molecule has 4 aromatic heterocycles. The number of fused-ring (bicyclic) bond motifs is 3. The molecule has 1 amide bonds. The molecule has 2 atom stereocenters. The Labute approximate surface area is 293 Å². The maximum atomic E-state index is 15.8. The zero-order valence-corrected chi connectivity index (χ0v) is 28.4. The van der Waals surface area contributed by atoms with E-state index in [1.54, 1.807) is 40.5 Å². The van der Waals surface area contributed by atoms with E-state index in [2.05, 4.69) is 25.5 Å². The van der Waals surface area contributed by atoms with Crippen LogP contribution in [0.3, 0.4) is 0 Å². The van der Waals surface area contributed by atoms with Crippen molar-refractivity contribution in [1.29, 1.82) is 0 Å². The molecule has 1 saturated heterocycles. The summed E-state index contributed by atoms with van der Waals surface area (Å²) in [5.74, 6) is -1.22. The second-order valence-corrected chi connectivity index (χ2v) is 13.6. The first-order valence-corrected chi connectivity index (χ1v) is 17.1. The third-order valence-corrected chi connectivity index (χ3v) is 10.1. The Morgan fingerprint density at radius 1 is 1.04 bits per heavy atom. The Morgan fingerprint density at radius 3 is 2.72 bits per heavy atom. The van der Waals surface area contributed by atoms with Crippen LogP contribution >= 0.6 is 23.6 Å². The first kappa shape index (κ1) is 31.8. The highest BCUT2D eigenvalue weighted by Crippen LogP contribution is 2.32. The van der Waals surface area contributed by atoms with Gasteiger partial charge in [0.15, 0.2) is 17.2 Å². The number of aryl methyl sites for hydroxylation is 1. The molecular formula is C36H28F2N8O2S2. The molecule has 1 aliphatic rings. The van der Waals surface area contributed by atoms with Gasteiger partial charge in [-0.05, 0) is 48.4 Å². The smallest absolute Gasteiger partial charge is 0.245 e. The van der Waals surface area contributed by atoms with Crippen molar-refractivity contribution < 1.29 is 18.4 Å². The van der Waals surface area contributed by atoms with Gasteiger partial charge >= 0.3 is 0 Å². The number of Topliss-reactive ketones (excluding diaryl/α,β-unsaturated/α-hetero) is 1. The predicted molar refractivity (Wildman–Crippen MR) is 193 cm³/mol. The minimum absolute atomic E-state index is 0.0323. The molecule has 1 aliphatic heterocycles. The predicted octanol–water partition coefficient (Wildman–Crippen LogP) is 7.05. The number of benzene rings is 3. The lowest BCUT2D eigenvalue weighted by molar-refractivity contribution is -0.131. The molecule has 3 aromatic carbocycles. The molecule has 0 radical (unpaired) electrons. The number of alkyl halides is 1. The molecule has 8 rings (SSSR count). The van der Waals surface area contributed by atoms with Crippen molar-refractivity contribution in [2.45, 2.75) is 39.0 Å². The maximum absolute atomic E-state index is 15.8. The summed E-state index contributed by atoms with van der Waals surface area (Å²) in [6.45, 7) is 2.88. The van der Waals surface area contributed by atoms with E-state index in [1.165, 1.54) is 27.8 Å². The number of thiocarbonyl (C=S) groups is 1. The number of aromatic nitrogens is 6. The zero-order chi connectivity index (χ0) is 34.7. The van der Waals surface area contributed by atoms with Gasteiger partial charge in [0.1, 0.15) is 23.4 Å². The van der Waals surface area contributed by atoms with E-state index >= 15 is 4.39 Å². The quantitative estimate of drug-likeness (QED) is 0.139. The van der Waals surface area contributed by atoms with Gasteiger partial charge in [-0.3, -0.25) is 14.3 Å². The minimum Gasteiger partial charge on any atom is -0.346 e. The Hall–Kier alpha value is -5.47. The van der Waals surface area contributed by atoms with Crippen molar-refractivity contribution in [3.8, 4) is 22.3 Å². The van der Waals surface area contributed by atoms with E-state index in [9.17, 15) is 14.0 Å². The molecule has 250 valence electrons. The molecule has 0 aliphatic carbocycles. The summed E-state index contributed by atoms with van der Waals surface area (Å²) in [7, 11) is 0. The fraction of sp³-hybridized carbons (Fsp3) is 0.194. The van der Waals surface area contributed by atoms with Crippen LogP contribution < -0.4 is 5.32 Å². The summed E-state index contributed by atoms with van der Waals surface area (Å²) >= 11 is 7.17. The molecule has 50 heavy (non-hydrogen) atoms. The van der Waals surface area contributed by atoms with Crippen LogP contribution in [0.2, 0.25) is 0 Å². The van der Waals surface area contributed by atoms with Crippen molar-refractivity contribution in [1.82, 2.24) is 34.3 Å². The largest absolute Gasteiger partial charge is 0.346 e. The number of halogens is 2. The van der Waals surface area contributed by atoms with Crippen LogP contribution in [0.15, 0.2) is 78.6 Å². The number of amides is 1. The number of rotatable bonds is 7. The van der Waals surface area contributed by atoms with Crippen LogP contribution in [0.25, 0.3) is 49.0 Å². The number of hydrogen-bond acceptors (Lipinski definition) is 8. The van der Waals surface area contributed by atoms with Crippen molar-refractivity contribution in [3.05, 3.63) is 95.8 Å². The Morgan fingerprint density at radius 2 is 1.88 bits per heavy atom. The molecule has 1 N–H and O–H groups in total. The SMILES string of the molecule is CC(=O)c1nn(CC(=O)N2C[C@H](F)C[C@H]2C(=S)Nc2cccc(-c3ccc4scnc4c3)c2F)c2ccc(-c3cnc4cc(C)nn4c3)cc12. The van der Waals surface area contributed by atoms with Gasteiger partial charge in [-0.25, -0.2) is 23.3 Å². The number of nitrogens with one attached hydrogen (secondary N) is 1. The van der Waals surface area contributed by atoms with Gasteiger partial charge in [-0.2, -0.15) is 10.2 Å². The molecule has 5 heterocycles. The number of carbonyl (C=O) groups is 2. The Kier molecular flexibility index (Phi) is 7.91. The second kappa shape index (κ2) is 12.4. The molecule has 7 aromatic rings. The number of thiazole rings is 1. The number of likely N-dealkylation sites (tertiary alicyclic amines) is 1. The van der Waals surface area contributed by atoms with E-state index in [-0.39, 0.29) is 41.7 Å². The molecule has 0 unspecified atom stereocenters. The van der Waals surface area contributed by atoms with Gasteiger partial charge in [0, 0.05) is 48.3 Å².